The highest BCUT2D eigenvalue weighted by Gasteiger charge is 2.08. The van der Waals surface area contributed by atoms with Crippen molar-refractivity contribution in [1.29, 1.82) is 0 Å². The monoisotopic (exact) mass is 437 g/mol. The summed E-state index contributed by atoms with van der Waals surface area (Å²) < 4.78 is 8.06. The molecule has 5 rings (SSSR count). The Hall–Kier alpha value is -4.43. The molecule has 0 fully saturated rings. The molecule has 8 heteroatoms. The van der Waals surface area contributed by atoms with E-state index in [1.165, 1.54) is 0 Å². The van der Waals surface area contributed by atoms with Gasteiger partial charge in [0.1, 0.15) is 11.6 Å². The molecule has 5 aromatic rings. The highest BCUT2D eigenvalue weighted by Crippen LogP contribution is 2.27. The first-order chi connectivity index (χ1) is 16.3. The van der Waals surface area contributed by atoms with E-state index in [-0.39, 0.29) is 0 Å². The van der Waals surface area contributed by atoms with Gasteiger partial charge in [0.25, 0.3) is 0 Å². The molecule has 0 unspecified atom stereocenters. The number of aromatic nitrogens is 4. The number of nitrogens with one attached hydrogen (secondary N) is 2. The van der Waals surface area contributed by atoms with Crippen LogP contribution in [-0.2, 0) is 0 Å². The number of anilines is 3. The first-order valence-corrected chi connectivity index (χ1v) is 10.6. The molecule has 0 aliphatic heterocycles. The number of rotatable bonds is 8. The average molecular weight is 438 g/mol. The van der Waals surface area contributed by atoms with Crippen LogP contribution >= 0.6 is 0 Å². The largest absolute Gasteiger partial charge is 0.439 e. The minimum Gasteiger partial charge on any atom is -0.439 e. The zero-order valence-electron chi connectivity index (χ0n) is 17.8. The summed E-state index contributed by atoms with van der Waals surface area (Å²) in [7, 11) is 0. The summed E-state index contributed by atoms with van der Waals surface area (Å²) in [5.41, 5.74) is 8.45. The molecule has 0 saturated carbocycles. The van der Waals surface area contributed by atoms with Gasteiger partial charge in [-0.1, -0.05) is 12.1 Å². The summed E-state index contributed by atoms with van der Waals surface area (Å²) in [6, 6.07) is 23.4. The van der Waals surface area contributed by atoms with E-state index in [1.54, 1.807) is 18.5 Å². The molecule has 0 spiro atoms. The Kier molecular flexibility index (Phi) is 5.81. The number of nitrogens with two attached hydrogens (primary N) is 1. The van der Waals surface area contributed by atoms with Gasteiger partial charge in [-0.05, 0) is 54.6 Å². The molecular formula is C25H23N7O. The fraction of sp³-hybridized carbons (Fsp3) is 0.0800. The Balaban J connectivity index is 1.32. The zero-order valence-corrected chi connectivity index (χ0v) is 17.8. The molecule has 33 heavy (non-hydrogen) atoms. The highest BCUT2D eigenvalue weighted by atomic mass is 16.5. The Morgan fingerprint density at radius 1 is 0.879 bits per heavy atom. The zero-order chi connectivity index (χ0) is 22.5. The van der Waals surface area contributed by atoms with E-state index >= 15 is 0 Å². The molecule has 3 heterocycles. The first-order valence-electron chi connectivity index (χ1n) is 10.6. The quantitative estimate of drug-likeness (QED) is 0.323. The summed E-state index contributed by atoms with van der Waals surface area (Å²) in [6.45, 7) is 1.28. The van der Waals surface area contributed by atoms with Crippen LogP contribution in [0.1, 0.15) is 0 Å². The number of hydrogen-bond acceptors (Lipinski definition) is 7. The molecule has 0 aliphatic rings. The molecule has 8 nitrogen and oxygen atoms in total. The van der Waals surface area contributed by atoms with E-state index in [9.17, 15) is 0 Å². The number of ether oxygens (including phenoxy) is 1. The van der Waals surface area contributed by atoms with Crippen LogP contribution in [-0.4, -0.2) is 32.6 Å². The van der Waals surface area contributed by atoms with Crippen molar-refractivity contribution >= 4 is 28.2 Å². The van der Waals surface area contributed by atoms with Crippen LogP contribution in [0, 0.1) is 0 Å². The van der Waals surface area contributed by atoms with Crippen LogP contribution in [0.5, 0.6) is 11.6 Å². The van der Waals surface area contributed by atoms with Gasteiger partial charge in [0, 0.05) is 54.5 Å². The van der Waals surface area contributed by atoms with E-state index in [0.717, 1.165) is 28.1 Å². The number of benzene rings is 2. The lowest BCUT2D eigenvalue weighted by molar-refractivity contribution is 0.463. The van der Waals surface area contributed by atoms with Crippen LogP contribution in [0.3, 0.4) is 0 Å². The van der Waals surface area contributed by atoms with Crippen molar-refractivity contribution in [3.8, 4) is 17.4 Å². The minimum atomic E-state index is 0.450. The fourth-order valence-electron chi connectivity index (χ4n) is 3.51. The molecule has 0 radical (unpaired) electrons. The van der Waals surface area contributed by atoms with E-state index in [4.69, 9.17) is 10.5 Å². The maximum absolute atomic E-state index is 6.01. The summed E-state index contributed by atoms with van der Waals surface area (Å²) in [4.78, 5) is 13.2. The molecular weight excluding hydrogens is 414 g/mol. The molecule has 2 aromatic carbocycles. The van der Waals surface area contributed by atoms with Crippen molar-refractivity contribution in [3.05, 3.63) is 91.4 Å². The lowest BCUT2D eigenvalue weighted by Crippen LogP contribution is -2.13. The number of fused-ring (bicyclic) bond motifs is 1. The second-order valence-electron chi connectivity index (χ2n) is 7.34. The van der Waals surface area contributed by atoms with Crippen LogP contribution in [0.15, 0.2) is 91.4 Å². The van der Waals surface area contributed by atoms with Gasteiger partial charge in [-0.3, -0.25) is 0 Å². The summed E-state index contributed by atoms with van der Waals surface area (Å²) in [6.07, 6.45) is 5.45. The van der Waals surface area contributed by atoms with Crippen molar-refractivity contribution in [2.24, 2.45) is 5.73 Å². The van der Waals surface area contributed by atoms with Crippen LogP contribution < -0.4 is 21.1 Å². The summed E-state index contributed by atoms with van der Waals surface area (Å²) >= 11 is 0. The van der Waals surface area contributed by atoms with Crippen molar-refractivity contribution in [3.63, 3.8) is 0 Å². The van der Waals surface area contributed by atoms with Gasteiger partial charge < -0.3 is 25.7 Å². The van der Waals surface area contributed by atoms with E-state index in [1.807, 2.05) is 77.5 Å². The van der Waals surface area contributed by atoms with E-state index < -0.39 is 0 Å². The molecule has 0 amide bonds. The maximum atomic E-state index is 6.01. The van der Waals surface area contributed by atoms with Crippen LogP contribution in [0.2, 0.25) is 0 Å². The third kappa shape index (κ3) is 4.76. The lowest BCUT2D eigenvalue weighted by Gasteiger charge is -2.10. The summed E-state index contributed by atoms with van der Waals surface area (Å²) in [5.74, 6) is 2.47. The Morgan fingerprint density at radius 2 is 1.82 bits per heavy atom. The SMILES string of the molecule is NCCNc1cccc(Nc2nccc(Oc3ccc4c(ccn4-c4ccccn4)c3)n2)c1. The Labute approximate surface area is 191 Å². The van der Waals surface area contributed by atoms with Crippen molar-refractivity contribution in [2.45, 2.75) is 0 Å². The second kappa shape index (κ2) is 9.37. The number of nitrogens with zero attached hydrogens (tertiary/aromatic N) is 4. The minimum absolute atomic E-state index is 0.450. The van der Waals surface area contributed by atoms with Crippen molar-refractivity contribution < 1.29 is 4.74 Å². The molecule has 4 N–H and O–H groups in total. The Bertz CT molecular complexity index is 1370. The normalized spacial score (nSPS) is 10.8. The van der Waals surface area contributed by atoms with Gasteiger partial charge in [0.05, 0.1) is 5.52 Å². The summed E-state index contributed by atoms with van der Waals surface area (Å²) in [5, 5.41) is 7.52. The first kappa shape index (κ1) is 20.5. The van der Waals surface area contributed by atoms with Gasteiger partial charge in [-0.2, -0.15) is 4.98 Å². The van der Waals surface area contributed by atoms with Crippen LogP contribution in [0.4, 0.5) is 17.3 Å². The standard InChI is InChI=1S/C25H23N7O/c26-11-14-27-19-4-3-5-20(17-19)30-25-29-13-9-24(31-25)33-21-7-8-22-18(16-21)10-15-32(22)23-6-1-2-12-28-23/h1-10,12-13,15-17,27H,11,14,26H2,(H,29,30,31). The number of hydrogen-bond donors (Lipinski definition) is 3. The van der Waals surface area contributed by atoms with Gasteiger partial charge in [0.15, 0.2) is 0 Å². The van der Waals surface area contributed by atoms with Crippen molar-refractivity contribution in [2.75, 3.05) is 23.7 Å². The smallest absolute Gasteiger partial charge is 0.230 e. The third-order valence-electron chi connectivity index (χ3n) is 5.00. The van der Waals surface area contributed by atoms with Gasteiger partial charge in [-0.25, -0.2) is 9.97 Å². The van der Waals surface area contributed by atoms with Crippen LogP contribution in [0.25, 0.3) is 16.7 Å². The van der Waals surface area contributed by atoms with Gasteiger partial charge in [0.2, 0.25) is 11.8 Å². The molecule has 0 atom stereocenters. The second-order valence-corrected chi connectivity index (χ2v) is 7.34. The molecule has 0 bridgehead atoms. The predicted molar refractivity (Wildman–Crippen MR) is 130 cm³/mol. The van der Waals surface area contributed by atoms with E-state index in [0.29, 0.717) is 30.7 Å². The Morgan fingerprint density at radius 3 is 2.70 bits per heavy atom. The molecule has 0 saturated heterocycles. The average Bonchev–Trinajstić information content (AvgIpc) is 3.27. The maximum Gasteiger partial charge on any atom is 0.230 e. The molecule has 164 valence electrons. The fourth-order valence-corrected chi connectivity index (χ4v) is 3.51. The third-order valence-corrected chi connectivity index (χ3v) is 5.00. The lowest BCUT2D eigenvalue weighted by atomic mass is 10.2. The number of pyridine rings is 1. The van der Waals surface area contributed by atoms with Gasteiger partial charge in [-0.15, -0.1) is 0 Å². The topological polar surface area (TPSA) is 103 Å². The highest BCUT2D eigenvalue weighted by molar-refractivity contribution is 5.83. The van der Waals surface area contributed by atoms with Crippen molar-refractivity contribution in [1.82, 2.24) is 19.5 Å². The molecule has 0 aliphatic carbocycles. The molecule has 3 aromatic heterocycles. The van der Waals surface area contributed by atoms with Gasteiger partial charge >= 0.3 is 0 Å². The predicted octanol–water partition coefficient (Wildman–Crippen LogP) is 4.72. The van der Waals surface area contributed by atoms with E-state index in [2.05, 4.69) is 25.6 Å².